The molecule has 0 saturated heterocycles. The summed E-state index contributed by atoms with van der Waals surface area (Å²) in [4.78, 5) is 23.4. The summed E-state index contributed by atoms with van der Waals surface area (Å²) in [6.07, 6.45) is 1.45. The van der Waals surface area contributed by atoms with Gasteiger partial charge < -0.3 is 5.11 Å². The lowest BCUT2D eigenvalue weighted by Crippen LogP contribution is -2.23. The van der Waals surface area contributed by atoms with Gasteiger partial charge in [0, 0.05) is 23.5 Å². The molecule has 6 heteroatoms. The number of carboxylic acids is 1. The average molecular weight is 441 g/mol. The highest BCUT2D eigenvalue weighted by atomic mass is 79.9. The minimum absolute atomic E-state index is 0.174. The topological polar surface area (TPSA) is 72.2 Å². The van der Waals surface area contributed by atoms with Gasteiger partial charge >= 0.3 is 5.97 Å². The van der Waals surface area contributed by atoms with E-state index in [1.807, 2.05) is 13.0 Å². The summed E-state index contributed by atoms with van der Waals surface area (Å²) < 4.78 is 1.44. The van der Waals surface area contributed by atoms with E-state index in [9.17, 15) is 9.59 Å². The van der Waals surface area contributed by atoms with Gasteiger partial charge in [0.15, 0.2) is 0 Å². The second-order valence-electron chi connectivity index (χ2n) is 6.62. The molecule has 28 heavy (non-hydrogen) atoms. The Morgan fingerprint density at radius 1 is 1.07 bits per heavy atom. The van der Waals surface area contributed by atoms with Crippen LogP contribution in [0.15, 0.2) is 59.4 Å². The number of alkyl halides is 1. The molecule has 0 aliphatic heterocycles. The average Bonchev–Trinajstić information content (AvgIpc) is 2.69. The fourth-order valence-corrected chi connectivity index (χ4v) is 3.52. The first kappa shape index (κ1) is 20.0. The summed E-state index contributed by atoms with van der Waals surface area (Å²) in [5.41, 5.74) is 5.01. The number of halogens is 1. The maximum atomic E-state index is 12.3. The van der Waals surface area contributed by atoms with E-state index in [2.05, 4.69) is 39.2 Å². The number of hydrogen-bond acceptors (Lipinski definition) is 3. The first-order chi connectivity index (χ1) is 13.5. The molecule has 3 aromatic rings. The minimum Gasteiger partial charge on any atom is -0.478 e. The van der Waals surface area contributed by atoms with Crippen molar-refractivity contribution in [2.75, 3.05) is 5.33 Å². The fourth-order valence-electron chi connectivity index (χ4n) is 3.06. The lowest BCUT2D eigenvalue weighted by molar-refractivity contribution is 0.0696. The number of hydrogen-bond donors (Lipinski definition) is 1. The van der Waals surface area contributed by atoms with Gasteiger partial charge in [-0.2, -0.15) is 5.10 Å². The van der Waals surface area contributed by atoms with Crippen LogP contribution in [0.1, 0.15) is 27.0 Å². The highest BCUT2D eigenvalue weighted by molar-refractivity contribution is 9.09. The third-order valence-corrected chi connectivity index (χ3v) is 5.01. The Balaban J connectivity index is 1.86. The van der Waals surface area contributed by atoms with Crippen molar-refractivity contribution in [3.63, 3.8) is 0 Å². The zero-order valence-corrected chi connectivity index (χ0v) is 17.1. The second-order valence-corrected chi connectivity index (χ2v) is 7.42. The van der Waals surface area contributed by atoms with Crippen molar-refractivity contribution in [1.82, 2.24) is 9.78 Å². The second kappa shape index (κ2) is 8.97. The van der Waals surface area contributed by atoms with E-state index >= 15 is 0 Å². The van der Waals surface area contributed by atoms with Gasteiger partial charge in [0.25, 0.3) is 5.56 Å². The van der Waals surface area contributed by atoms with Gasteiger partial charge in [-0.15, -0.1) is 0 Å². The van der Waals surface area contributed by atoms with Crippen LogP contribution >= 0.6 is 15.9 Å². The summed E-state index contributed by atoms with van der Waals surface area (Å²) in [5, 5.41) is 14.6. The van der Waals surface area contributed by atoms with E-state index < -0.39 is 5.97 Å². The molecule has 5 nitrogen and oxygen atoms in total. The quantitative estimate of drug-likeness (QED) is 0.561. The van der Waals surface area contributed by atoms with Crippen molar-refractivity contribution in [3.05, 3.63) is 87.2 Å². The van der Waals surface area contributed by atoms with Gasteiger partial charge in [0.2, 0.25) is 0 Å². The number of carboxylic acid groups (broad SMARTS) is 1. The van der Waals surface area contributed by atoms with E-state index in [0.29, 0.717) is 13.0 Å². The van der Waals surface area contributed by atoms with Crippen molar-refractivity contribution in [3.8, 4) is 11.3 Å². The van der Waals surface area contributed by atoms with Gasteiger partial charge in [0.1, 0.15) is 0 Å². The lowest BCUT2D eigenvalue weighted by Gasteiger charge is -2.11. The third kappa shape index (κ3) is 4.75. The van der Waals surface area contributed by atoms with Crippen LogP contribution in [0.25, 0.3) is 11.3 Å². The summed E-state index contributed by atoms with van der Waals surface area (Å²) in [5.74, 6) is -0.960. The maximum absolute atomic E-state index is 12.3. The molecule has 1 heterocycles. The van der Waals surface area contributed by atoms with E-state index in [1.54, 1.807) is 24.3 Å². The fraction of sp³-hybridized carbons (Fsp3) is 0.227. The Hall–Kier alpha value is -2.73. The molecular formula is C22H21BrN2O3. The number of aryl methyl sites for hydroxylation is 4. The molecule has 144 valence electrons. The van der Waals surface area contributed by atoms with Crippen LogP contribution in [0.2, 0.25) is 0 Å². The smallest absolute Gasteiger partial charge is 0.335 e. The Morgan fingerprint density at radius 3 is 2.61 bits per heavy atom. The normalized spacial score (nSPS) is 10.8. The molecule has 0 amide bonds. The van der Waals surface area contributed by atoms with E-state index in [1.165, 1.54) is 16.3 Å². The van der Waals surface area contributed by atoms with Crippen LogP contribution in [-0.2, 0) is 19.4 Å². The van der Waals surface area contributed by atoms with Crippen LogP contribution in [-0.4, -0.2) is 26.2 Å². The number of carbonyl (C=O) groups is 1. The molecule has 0 aliphatic rings. The predicted molar refractivity (Wildman–Crippen MR) is 113 cm³/mol. The number of nitrogens with zero attached hydrogens (tertiary/aromatic N) is 2. The van der Waals surface area contributed by atoms with Crippen molar-refractivity contribution in [2.24, 2.45) is 0 Å². The molecule has 0 bridgehead atoms. The highest BCUT2D eigenvalue weighted by Gasteiger charge is 2.09. The Kier molecular flexibility index (Phi) is 6.41. The molecule has 0 radical (unpaired) electrons. The molecule has 0 unspecified atom stereocenters. The zero-order chi connectivity index (χ0) is 20.1. The Labute approximate surface area is 171 Å². The van der Waals surface area contributed by atoms with Gasteiger partial charge in [0.05, 0.1) is 11.3 Å². The molecule has 0 atom stereocenters. The first-order valence-corrected chi connectivity index (χ1v) is 10.2. The SMILES string of the molecule is Cc1ccc(CCBr)cc1-c1ccc(=O)n(CCc2cccc(C(=O)O)c2)n1. The maximum Gasteiger partial charge on any atom is 0.335 e. The van der Waals surface area contributed by atoms with Gasteiger partial charge in [-0.3, -0.25) is 4.79 Å². The van der Waals surface area contributed by atoms with Crippen LogP contribution < -0.4 is 5.56 Å². The molecular weight excluding hydrogens is 420 g/mol. The van der Waals surface area contributed by atoms with Crippen molar-refractivity contribution in [1.29, 1.82) is 0 Å². The van der Waals surface area contributed by atoms with Crippen molar-refractivity contribution >= 4 is 21.9 Å². The summed E-state index contributed by atoms with van der Waals surface area (Å²) >= 11 is 3.47. The van der Waals surface area contributed by atoms with Crippen LogP contribution in [0.4, 0.5) is 0 Å². The standard InChI is InChI=1S/C22H21BrN2O3/c1-15-5-6-17(9-11-23)14-19(15)20-7-8-21(26)25(24-20)12-10-16-3-2-4-18(13-16)22(27)28/h2-8,13-14H,9-12H2,1H3,(H,27,28). The summed E-state index contributed by atoms with van der Waals surface area (Å²) in [6, 6.07) is 16.3. The van der Waals surface area contributed by atoms with E-state index in [0.717, 1.165) is 34.1 Å². The molecule has 0 saturated carbocycles. The molecule has 2 aromatic carbocycles. The molecule has 0 aliphatic carbocycles. The third-order valence-electron chi connectivity index (χ3n) is 4.61. The lowest BCUT2D eigenvalue weighted by atomic mass is 10.0. The highest BCUT2D eigenvalue weighted by Crippen LogP contribution is 2.22. The molecule has 1 aromatic heterocycles. The Bertz CT molecular complexity index is 1060. The number of aromatic nitrogens is 2. The van der Waals surface area contributed by atoms with Gasteiger partial charge in [-0.05, 0) is 60.7 Å². The van der Waals surface area contributed by atoms with E-state index in [-0.39, 0.29) is 11.1 Å². The molecule has 0 fully saturated rings. The molecule has 3 rings (SSSR count). The number of aromatic carboxylic acids is 1. The molecule has 0 spiro atoms. The predicted octanol–water partition coefficient (Wildman–Crippen LogP) is 4.10. The number of rotatable bonds is 7. The number of benzene rings is 2. The van der Waals surface area contributed by atoms with Crippen LogP contribution in [0, 0.1) is 6.92 Å². The Morgan fingerprint density at radius 2 is 1.86 bits per heavy atom. The van der Waals surface area contributed by atoms with Gasteiger partial charge in [-0.25, -0.2) is 9.48 Å². The van der Waals surface area contributed by atoms with Crippen molar-refractivity contribution < 1.29 is 9.90 Å². The van der Waals surface area contributed by atoms with Crippen molar-refractivity contribution in [2.45, 2.75) is 26.3 Å². The minimum atomic E-state index is -0.960. The molecule has 1 N–H and O–H groups in total. The zero-order valence-electron chi connectivity index (χ0n) is 15.6. The summed E-state index contributed by atoms with van der Waals surface area (Å²) in [6.45, 7) is 2.41. The van der Waals surface area contributed by atoms with Gasteiger partial charge in [-0.1, -0.05) is 40.2 Å². The summed E-state index contributed by atoms with van der Waals surface area (Å²) in [7, 11) is 0. The van der Waals surface area contributed by atoms with E-state index in [4.69, 9.17) is 5.11 Å². The largest absolute Gasteiger partial charge is 0.478 e. The first-order valence-electron chi connectivity index (χ1n) is 9.04. The van der Waals surface area contributed by atoms with Crippen LogP contribution in [0.3, 0.4) is 0 Å². The van der Waals surface area contributed by atoms with Crippen LogP contribution in [0.5, 0.6) is 0 Å². The monoisotopic (exact) mass is 440 g/mol.